The summed E-state index contributed by atoms with van der Waals surface area (Å²) in [6, 6.07) is 0. The minimum atomic E-state index is 0. The third kappa shape index (κ3) is 33.3. The van der Waals surface area contributed by atoms with Crippen LogP contribution in [0, 0.1) is 20.5 Å². The molecule has 10 nitrogen and oxygen atoms in total. The zero-order valence-electron chi connectivity index (χ0n) is 12.6. The van der Waals surface area contributed by atoms with Crippen LogP contribution >= 0.6 is 0 Å². The van der Waals surface area contributed by atoms with E-state index in [4.69, 9.17) is 31.4 Å². The summed E-state index contributed by atoms with van der Waals surface area (Å²) in [6.45, 7) is 6.15. The molecule has 0 spiro atoms. The number of nitrogens with zero attached hydrogens (tertiary/aromatic N) is 6. The average Bonchev–Trinajstić information content (AvgIpc) is 2.53. The fourth-order valence-corrected chi connectivity index (χ4v) is 0.289. The van der Waals surface area contributed by atoms with Crippen molar-refractivity contribution in [3.63, 3.8) is 0 Å². The van der Waals surface area contributed by atoms with E-state index in [1.165, 1.54) is 27.7 Å². The molecule has 0 aromatic rings. The SMILES string of the molecule is CC(=NO)C(C)=NO.CC(=NO)C(C)=NO.N#C[Se].N#C[Se].[Co]. The van der Waals surface area contributed by atoms with Gasteiger partial charge >= 0.3 is 52.5 Å². The molecule has 3 radical (unpaired) electrons. The molecule has 0 aliphatic rings. The minimum absolute atomic E-state index is 0. The zero-order valence-corrected chi connectivity index (χ0v) is 17.1. The van der Waals surface area contributed by atoms with Crippen molar-refractivity contribution in [1.29, 1.82) is 10.5 Å². The standard InChI is InChI=1S/2C4H8N2O2.2CNSe.Co/c2*1-3(5-7)4(2)6-8;2*2-1-3;/h2*7-8H,1-2H3;;;. The van der Waals surface area contributed by atoms with E-state index in [1.807, 2.05) is 0 Å². The van der Waals surface area contributed by atoms with Crippen LogP contribution < -0.4 is 0 Å². The molecular weight excluding hydrogens is 485 g/mol. The Morgan fingerprint density at radius 1 is 0.652 bits per heavy atom. The maximum atomic E-state index is 8.03. The van der Waals surface area contributed by atoms with Crippen LogP contribution in [0.4, 0.5) is 0 Å². The van der Waals surface area contributed by atoms with Gasteiger partial charge in [0, 0.05) is 16.8 Å². The third-order valence-corrected chi connectivity index (χ3v) is 1.65. The molecular formula is C10H16CoN6O4Se2. The first-order chi connectivity index (χ1) is 10.3. The molecule has 0 aliphatic carbocycles. The minimum Gasteiger partial charge on any atom is 0 e. The van der Waals surface area contributed by atoms with Crippen molar-refractivity contribution in [3.8, 4) is 9.94 Å². The third-order valence-electron chi connectivity index (χ3n) is 1.65. The molecule has 0 fully saturated rings. The predicted octanol–water partition coefficient (Wildman–Crippen LogP) is 0.643. The van der Waals surface area contributed by atoms with E-state index < -0.39 is 0 Å². The van der Waals surface area contributed by atoms with Gasteiger partial charge in [-0.1, -0.05) is 20.6 Å². The molecule has 0 aromatic carbocycles. The van der Waals surface area contributed by atoms with Crippen LogP contribution in [-0.4, -0.2) is 75.7 Å². The summed E-state index contributed by atoms with van der Waals surface area (Å²) < 4.78 is 0. The van der Waals surface area contributed by atoms with Gasteiger partial charge in [0.25, 0.3) is 0 Å². The second kappa shape index (κ2) is 28.6. The van der Waals surface area contributed by atoms with Crippen molar-refractivity contribution in [1.82, 2.24) is 0 Å². The Morgan fingerprint density at radius 2 is 0.739 bits per heavy atom. The van der Waals surface area contributed by atoms with Gasteiger partial charge in [0.05, 0.1) is 0 Å². The van der Waals surface area contributed by atoms with Gasteiger partial charge in [-0.3, -0.25) is 0 Å². The van der Waals surface area contributed by atoms with Crippen LogP contribution in [0.5, 0.6) is 0 Å². The molecule has 0 amide bonds. The first-order valence-corrected chi connectivity index (χ1v) is 6.76. The predicted molar refractivity (Wildman–Crippen MR) is 82.3 cm³/mol. The topological polar surface area (TPSA) is 178 Å². The second-order valence-corrected chi connectivity index (χ2v) is 3.69. The van der Waals surface area contributed by atoms with E-state index in [-0.39, 0.29) is 16.8 Å². The summed E-state index contributed by atoms with van der Waals surface area (Å²) in [6.07, 6.45) is 0. The zero-order chi connectivity index (χ0) is 18.6. The summed E-state index contributed by atoms with van der Waals surface area (Å²) in [7, 11) is 0. The van der Waals surface area contributed by atoms with E-state index >= 15 is 0 Å². The van der Waals surface area contributed by atoms with Crippen molar-refractivity contribution >= 4 is 54.9 Å². The average molecular weight is 501 g/mol. The molecule has 0 rings (SSSR count). The maximum Gasteiger partial charge on any atom is 0 e. The van der Waals surface area contributed by atoms with Gasteiger partial charge in [-0.2, -0.15) is 0 Å². The molecule has 0 aromatic heterocycles. The van der Waals surface area contributed by atoms with E-state index in [1.54, 1.807) is 9.94 Å². The van der Waals surface area contributed by atoms with Crippen LogP contribution in [0.25, 0.3) is 0 Å². The molecule has 0 unspecified atom stereocenters. The van der Waals surface area contributed by atoms with E-state index in [9.17, 15) is 0 Å². The monoisotopic (exact) mass is 503 g/mol. The molecule has 0 saturated carbocycles. The summed E-state index contributed by atoms with van der Waals surface area (Å²) in [5, 5.41) is 57.8. The van der Waals surface area contributed by atoms with Crippen molar-refractivity contribution in [2.45, 2.75) is 27.7 Å². The quantitative estimate of drug-likeness (QED) is 0.187. The number of oxime groups is 4. The Bertz CT molecular complexity index is 407. The first-order valence-electron chi connectivity index (χ1n) is 5.05. The molecule has 0 atom stereocenters. The smallest absolute Gasteiger partial charge is 0 e. The van der Waals surface area contributed by atoms with Gasteiger partial charge < -0.3 is 20.8 Å². The van der Waals surface area contributed by atoms with Crippen LogP contribution in [0.15, 0.2) is 20.6 Å². The van der Waals surface area contributed by atoms with Crippen molar-refractivity contribution in [2.24, 2.45) is 20.6 Å². The van der Waals surface area contributed by atoms with Crippen molar-refractivity contribution < 1.29 is 37.6 Å². The molecule has 0 aliphatic heterocycles. The van der Waals surface area contributed by atoms with Gasteiger partial charge in [0.2, 0.25) is 0 Å². The number of hydrogen-bond acceptors (Lipinski definition) is 10. The molecule has 0 heterocycles. The van der Waals surface area contributed by atoms with Crippen LogP contribution in [0.1, 0.15) is 27.7 Å². The van der Waals surface area contributed by atoms with Crippen molar-refractivity contribution in [3.05, 3.63) is 0 Å². The summed E-state index contributed by atoms with van der Waals surface area (Å²) in [5.41, 5.74) is 1.25. The number of hydrogen-bond donors (Lipinski definition) is 4. The van der Waals surface area contributed by atoms with Crippen molar-refractivity contribution in [2.75, 3.05) is 0 Å². The van der Waals surface area contributed by atoms with E-state index in [2.05, 4.69) is 52.6 Å². The second-order valence-electron chi connectivity index (χ2n) is 2.92. The molecule has 23 heavy (non-hydrogen) atoms. The fraction of sp³-hybridized carbons (Fsp3) is 0.400. The van der Waals surface area contributed by atoms with Gasteiger partial charge in [-0.25, -0.2) is 0 Å². The molecule has 4 N–H and O–H groups in total. The van der Waals surface area contributed by atoms with E-state index in [0.717, 1.165) is 0 Å². The van der Waals surface area contributed by atoms with Gasteiger partial charge in [0.15, 0.2) is 0 Å². The van der Waals surface area contributed by atoms with Crippen LogP contribution in [0.2, 0.25) is 0 Å². The molecule has 0 bridgehead atoms. The Hall–Kier alpha value is -1.59. The van der Waals surface area contributed by atoms with Crippen LogP contribution in [-0.2, 0) is 16.8 Å². The number of rotatable bonds is 2. The Balaban J connectivity index is -0.0000000680. The largest absolute Gasteiger partial charge is 0 e. The number of nitriles is 2. The molecule has 0 saturated heterocycles. The fourth-order valence-electron chi connectivity index (χ4n) is 0.289. The maximum absolute atomic E-state index is 8.03. The summed E-state index contributed by atoms with van der Waals surface area (Å²) >= 11 is 4.22. The first kappa shape index (κ1) is 33.1. The Labute approximate surface area is 161 Å². The van der Waals surface area contributed by atoms with Crippen LogP contribution in [0.3, 0.4) is 0 Å². The summed E-state index contributed by atoms with van der Waals surface area (Å²) in [4.78, 5) is 3.25. The summed E-state index contributed by atoms with van der Waals surface area (Å²) in [5.74, 6) is 0. The van der Waals surface area contributed by atoms with Gasteiger partial charge in [-0.05, 0) is 27.7 Å². The van der Waals surface area contributed by atoms with E-state index in [0.29, 0.717) is 22.8 Å². The Morgan fingerprint density at radius 3 is 0.783 bits per heavy atom. The molecule has 131 valence electrons. The normalized spacial score (nSPS) is 10.5. The molecule has 13 heteroatoms. The van der Waals surface area contributed by atoms with Gasteiger partial charge in [-0.15, -0.1) is 0 Å². The Kier molecular flexibility index (Phi) is 41.1. The van der Waals surface area contributed by atoms with Gasteiger partial charge in [0.1, 0.15) is 22.8 Å².